The van der Waals surface area contributed by atoms with Crippen molar-refractivity contribution in [2.24, 2.45) is 0 Å². The Bertz CT molecular complexity index is 506. The predicted molar refractivity (Wildman–Crippen MR) is 66.5 cm³/mol. The van der Waals surface area contributed by atoms with Crippen LogP contribution in [0, 0.1) is 6.92 Å². The molecular weight excluding hydrogens is 274 g/mol. The first-order chi connectivity index (χ1) is 9.37. The van der Waals surface area contributed by atoms with Crippen molar-refractivity contribution in [2.75, 3.05) is 6.61 Å². The molecular formula is C12H18F2N2O4. The van der Waals surface area contributed by atoms with Crippen LogP contribution in [0.25, 0.3) is 0 Å². The largest absolute Gasteiger partial charge is 0.394 e. The lowest BCUT2D eigenvalue weighted by Gasteiger charge is -2.20. The van der Waals surface area contributed by atoms with Crippen molar-refractivity contribution in [3.63, 3.8) is 0 Å². The second-order valence-electron chi connectivity index (χ2n) is 4.09. The molecule has 2 heterocycles. The molecule has 114 valence electrons. The number of aromatic nitrogens is 2. The Morgan fingerprint density at radius 3 is 2.55 bits per heavy atom. The molecule has 0 aliphatic carbocycles. The third kappa shape index (κ3) is 2.87. The highest BCUT2D eigenvalue weighted by molar-refractivity contribution is 5.01. The minimum Gasteiger partial charge on any atom is -0.394 e. The van der Waals surface area contributed by atoms with Crippen LogP contribution < -0.4 is 5.69 Å². The van der Waals surface area contributed by atoms with Crippen LogP contribution in [0.5, 0.6) is 0 Å². The lowest BCUT2D eigenvalue weighted by Crippen LogP contribution is -2.41. The fourth-order valence-electron chi connectivity index (χ4n) is 1.79. The SMILES string of the molecule is CC.Cc1ccn(C2OC(CO)C(O)C2(F)F)c(=O)n1. The molecule has 1 fully saturated rings. The van der Waals surface area contributed by atoms with Gasteiger partial charge in [0.2, 0.25) is 6.23 Å². The van der Waals surface area contributed by atoms with E-state index in [1.807, 2.05) is 13.8 Å². The molecule has 1 aliphatic rings. The summed E-state index contributed by atoms with van der Waals surface area (Å²) in [5.74, 6) is -3.67. The molecule has 0 radical (unpaired) electrons. The first-order valence-electron chi connectivity index (χ1n) is 6.26. The summed E-state index contributed by atoms with van der Waals surface area (Å²) in [4.78, 5) is 15.0. The molecule has 1 aromatic rings. The molecule has 1 saturated heterocycles. The van der Waals surface area contributed by atoms with E-state index in [0.29, 0.717) is 10.3 Å². The number of aliphatic hydroxyl groups excluding tert-OH is 2. The normalized spacial score (nSPS) is 27.9. The van der Waals surface area contributed by atoms with E-state index in [1.54, 1.807) is 6.92 Å². The van der Waals surface area contributed by atoms with Gasteiger partial charge < -0.3 is 14.9 Å². The monoisotopic (exact) mass is 292 g/mol. The number of aryl methyl sites for hydroxylation is 1. The van der Waals surface area contributed by atoms with Crippen molar-refractivity contribution in [2.45, 2.75) is 45.1 Å². The zero-order valence-electron chi connectivity index (χ0n) is 11.5. The number of rotatable bonds is 2. The Labute approximate surface area is 114 Å². The Morgan fingerprint density at radius 2 is 2.10 bits per heavy atom. The number of hydrogen-bond donors (Lipinski definition) is 2. The first kappa shape index (κ1) is 16.7. The summed E-state index contributed by atoms with van der Waals surface area (Å²) in [6.07, 6.45) is -4.44. The first-order valence-corrected chi connectivity index (χ1v) is 6.26. The standard InChI is InChI=1S/C10H12F2N2O4.C2H6/c1-5-2-3-14(9(17)13-5)8-10(11,12)7(16)6(4-15)18-8;1-2/h2-3,6-8,15-16H,4H2,1H3;1-2H3. The van der Waals surface area contributed by atoms with Crippen molar-refractivity contribution in [1.29, 1.82) is 0 Å². The van der Waals surface area contributed by atoms with Crippen LogP contribution in [0.1, 0.15) is 25.8 Å². The van der Waals surface area contributed by atoms with Gasteiger partial charge in [-0.1, -0.05) is 13.8 Å². The van der Waals surface area contributed by atoms with Crippen LogP contribution in [-0.4, -0.2) is 44.5 Å². The summed E-state index contributed by atoms with van der Waals surface area (Å²) in [6.45, 7) is 4.78. The van der Waals surface area contributed by atoms with Crippen LogP contribution in [0.15, 0.2) is 17.1 Å². The predicted octanol–water partition coefficient (Wildman–Crippen LogP) is 0.464. The van der Waals surface area contributed by atoms with Crippen LogP contribution in [0.4, 0.5) is 8.78 Å². The van der Waals surface area contributed by atoms with Gasteiger partial charge in [-0.15, -0.1) is 0 Å². The molecule has 1 aromatic heterocycles. The van der Waals surface area contributed by atoms with Gasteiger partial charge in [0.25, 0.3) is 0 Å². The van der Waals surface area contributed by atoms with Gasteiger partial charge in [0, 0.05) is 11.9 Å². The molecule has 8 heteroatoms. The minimum absolute atomic E-state index is 0.386. The number of alkyl halides is 2. The van der Waals surface area contributed by atoms with Gasteiger partial charge in [-0.05, 0) is 13.0 Å². The fraction of sp³-hybridized carbons (Fsp3) is 0.667. The smallest absolute Gasteiger partial charge is 0.350 e. The fourth-order valence-corrected chi connectivity index (χ4v) is 1.79. The summed E-state index contributed by atoms with van der Waals surface area (Å²) in [5.41, 5.74) is -0.512. The average molecular weight is 292 g/mol. The number of aliphatic hydroxyl groups is 2. The van der Waals surface area contributed by atoms with E-state index in [0.717, 1.165) is 6.20 Å². The molecule has 0 aromatic carbocycles. The third-order valence-corrected chi connectivity index (χ3v) is 2.78. The molecule has 6 nitrogen and oxygen atoms in total. The van der Waals surface area contributed by atoms with E-state index in [2.05, 4.69) is 4.98 Å². The van der Waals surface area contributed by atoms with Gasteiger partial charge in [-0.25, -0.2) is 4.79 Å². The lowest BCUT2D eigenvalue weighted by atomic mass is 10.1. The van der Waals surface area contributed by atoms with Crippen molar-refractivity contribution in [1.82, 2.24) is 9.55 Å². The summed E-state index contributed by atoms with van der Waals surface area (Å²) >= 11 is 0. The van der Waals surface area contributed by atoms with Crippen molar-refractivity contribution >= 4 is 0 Å². The number of nitrogens with zero attached hydrogens (tertiary/aromatic N) is 2. The molecule has 2 rings (SSSR count). The minimum atomic E-state index is -3.67. The topological polar surface area (TPSA) is 84.6 Å². The molecule has 3 unspecified atom stereocenters. The van der Waals surface area contributed by atoms with Gasteiger partial charge in [0.05, 0.1) is 6.61 Å². The molecule has 0 saturated carbocycles. The Kier molecular flexibility index (Phi) is 5.32. The van der Waals surface area contributed by atoms with E-state index in [-0.39, 0.29) is 0 Å². The molecule has 1 aliphatic heterocycles. The number of ether oxygens (including phenoxy) is 1. The van der Waals surface area contributed by atoms with Crippen molar-refractivity contribution in [3.05, 3.63) is 28.4 Å². The lowest BCUT2D eigenvalue weighted by molar-refractivity contribution is -0.141. The second kappa shape index (κ2) is 6.38. The molecule has 3 atom stereocenters. The summed E-state index contributed by atoms with van der Waals surface area (Å²) in [7, 11) is 0. The Balaban J connectivity index is 0.000000956. The summed E-state index contributed by atoms with van der Waals surface area (Å²) in [5, 5.41) is 18.1. The van der Waals surface area contributed by atoms with Crippen LogP contribution in [0.2, 0.25) is 0 Å². The van der Waals surface area contributed by atoms with Crippen LogP contribution >= 0.6 is 0 Å². The highest BCUT2D eigenvalue weighted by Gasteiger charge is 2.59. The van der Waals surface area contributed by atoms with E-state index < -0.39 is 36.7 Å². The van der Waals surface area contributed by atoms with Crippen LogP contribution in [-0.2, 0) is 4.74 Å². The molecule has 0 bridgehead atoms. The zero-order valence-corrected chi connectivity index (χ0v) is 11.5. The number of hydrogen-bond acceptors (Lipinski definition) is 5. The third-order valence-electron chi connectivity index (χ3n) is 2.78. The highest BCUT2D eigenvalue weighted by Crippen LogP contribution is 2.41. The molecule has 20 heavy (non-hydrogen) atoms. The van der Waals surface area contributed by atoms with Crippen molar-refractivity contribution < 1.29 is 23.7 Å². The summed E-state index contributed by atoms with van der Waals surface area (Å²) in [6, 6.07) is 1.37. The van der Waals surface area contributed by atoms with Gasteiger partial charge in [-0.3, -0.25) is 4.57 Å². The van der Waals surface area contributed by atoms with Crippen molar-refractivity contribution in [3.8, 4) is 0 Å². The highest BCUT2D eigenvalue weighted by atomic mass is 19.3. The van der Waals surface area contributed by atoms with E-state index in [4.69, 9.17) is 9.84 Å². The maximum Gasteiger partial charge on any atom is 0.350 e. The van der Waals surface area contributed by atoms with Crippen LogP contribution in [0.3, 0.4) is 0 Å². The molecule has 2 N–H and O–H groups in total. The van der Waals surface area contributed by atoms with Gasteiger partial charge in [-0.2, -0.15) is 13.8 Å². The van der Waals surface area contributed by atoms with E-state index in [1.165, 1.54) is 6.07 Å². The maximum atomic E-state index is 13.7. The van der Waals surface area contributed by atoms with Gasteiger partial charge >= 0.3 is 11.6 Å². The van der Waals surface area contributed by atoms with Gasteiger partial charge in [0.1, 0.15) is 6.10 Å². The molecule has 0 amide bonds. The maximum absolute atomic E-state index is 13.7. The van der Waals surface area contributed by atoms with E-state index in [9.17, 15) is 18.7 Å². The van der Waals surface area contributed by atoms with E-state index >= 15 is 0 Å². The summed E-state index contributed by atoms with van der Waals surface area (Å²) < 4.78 is 32.9. The quantitative estimate of drug-likeness (QED) is 0.827. The average Bonchev–Trinajstić information content (AvgIpc) is 2.64. The zero-order chi connectivity index (χ0) is 15.5. The van der Waals surface area contributed by atoms with Gasteiger partial charge in [0.15, 0.2) is 6.10 Å². The Morgan fingerprint density at radius 1 is 1.50 bits per heavy atom. The Hall–Kier alpha value is -1.38. The number of halogens is 2. The molecule has 0 spiro atoms. The second-order valence-corrected chi connectivity index (χ2v) is 4.09.